The van der Waals surface area contributed by atoms with Gasteiger partial charge in [0, 0.05) is 11.7 Å². The van der Waals surface area contributed by atoms with Crippen LogP contribution in [0.2, 0.25) is 0 Å². The fraction of sp³-hybridized carbons (Fsp3) is 0.500. The van der Waals surface area contributed by atoms with E-state index < -0.39 is 0 Å². The van der Waals surface area contributed by atoms with E-state index in [0.29, 0.717) is 12.0 Å². The summed E-state index contributed by atoms with van der Waals surface area (Å²) in [6.45, 7) is 6.34. The zero-order valence-corrected chi connectivity index (χ0v) is 11.2. The van der Waals surface area contributed by atoms with E-state index in [1.54, 1.807) is 0 Å². The molecule has 1 fully saturated rings. The van der Waals surface area contributed by atoms with Gasteiger partial charge in [0.2, 0.25) is 5.91 Å². The van der Waals surface area contributed by atoms with Crippen LogP contribution in [0.15, 0.2) is 24.3 Å². The molecule has 0 aliphatic carbocycles. The summed E-state index contributed by atoms with van der Waals surface area (Å²) in [7, 11) is 0. The van der Waals surface area contributed by atoms with Gasteiger partial charge >= 0.3 is 0 Å². The second-order valence-corrected chi connectivity index (χ2v) is 5.25. The van der Waals surface area contributed by atoms with Gasteiger partial charge in [0.15, 0.2) is 0 Å². The first-order valence-corrected chi connectivity index (χ1v) is 6.48. The lowest BCUT2D eigenvalue weighted by molar-refractivity contribution is -0.117. The molecule has 2 atom stereocenters. The molecule has 1 aliphatic heterocycles. The first-order valence-electron chi connectivity index (χ1n) is 6.48. The third-order valence-electron chi connectivity index (χ3n) is 3.23. The predicted octanol–water partition coefficient (Wildman–Crippen LogP) is 2.00. The van der Waals surface area contributed by atoms with Crippen LogP contribution in [0.4, 0.5) is 5.69 Å². The number of anilines is 1. The SMILES string of the molecule is CC1CC(C(=O)Nc2cccc(C(C)C)c2)NN1. The molecule has 0 saturated carbocycles. The molecule has 0 aromatic heterocycles. The number of benzene rings is 1. The molecule has 1 aromatic carbocycles. The highest BCUT2D eigenvalue weighted by molar-refractivity contribution is 5.95. The lowest BCUT2D eigenvalue weighted by Crippen LogP contribution is -2.39. The summed E-state index contributed by atoms with van der Waals surface area (Å²) in [5.74, 6) is 0.487. The molecule has 1 amide bonds. The van der Waals surface area contributed by atoms with E-state index in [1.807, 2.05) is 18.2 Å². The number of hydrogen-bond donors (Lipinski definition) is 3. The second-order valence-electron chi connectivity index (χ2n) is 5.25. The van der Waals surface area contributed by atoms with Crippen molar-refractivity contribution in [1.29, 1.82) is 0 Å². The number of hydrogen-bond acceptors (Lipinski definition) is 3. The molecule has 0 bridgehead atoms. The first-order chi connectivity index (χ1) is 8.56. The molecule has 0 radical (unpaired) electrons. The minimum absolute atomic E-state index is 0.0211. The topological polar surface area (TPSA) is 53.2 Å². The zero-order valence-electron chi connectivity index (χ0n) is 11.2. The second kappa shape index (κ2) is 5.50. The van der Waals surface area contributed by atoms with Crippen LogP contribution in [-0.2, 0) is 4.79 Å². The Hall–Kier alpha value is -1.39. The number of carbonyl (C=O) groups excluding carboxylic acids is 1. The van der Waals surface area contributed by atoms with Crippen molar-refractivity contribution in [1.82, 2.24) is 10.9 Å². The monoisotopic (exact) mass is 247 g/mol. The Morgan fingerprint density at radius 2 is 2.17 bits per heavy atom. The van der Waals surface area contributed by atoms with E-state index in [0.717, 1.165) is 12.1 Å². The van der Waals surface area contributed by atoms with Gasteiger partial charge in [-0.05, 0) is 37.0 Å². The Morgan fingerprint density at radius 3 is 2.78 bits per heavy atom. The third kappa shape index (κ3) is 3.09. The predicted molar refractivity (Wildman–Crippen MR) is 73.3 cm³/mol. The molecule has 3 N–H and O–H groups in total. The molecule has 18 heavy (non-hydrogen) atoms. The number of hydrazine groups is 1. The van der Waals surface area contributed by atoms with Gasteiger partial charge in [-0.3, -0.25) is 10.2 Å². The average molecular weight is 247 g/mol. The van der Waals surface area contributed by atoms with Gasteiger partial charge in [0.25, 0.3) is 0 Å². The van der Waals surface area contributed by atoms with Crippen LogP contribution in [0.3, 0.4) is 0 Å². The molecule has 1 aromatic rings. The van der Waals surface area contributed by atoms with E-state index in [2.05, 4.69) is 43.0 Å². The van der Waals surface area contributed by atoms with Gasteiger partial charge in [0.1, 0.15) is 6.04 Å². The summed E-state index contributed by atoms with van der Waals surface area (Å²) in [6, 6.07) is 8.21. The van der Waals surface area contributed by atoms with E-state index in [-0.39, 0.29) is 11.9 Å². The smallest absolute Gasteiger partial charge is 0.242 e. The van der Waals surface area contributed by atoms with Crippen LogP contribution in [0.25, 0.3) is 0 Å². The Bertz CT molecular complexity index is 431. The fourth-order valence-electron chi connectivity index (χ4n) is 2.09. The summed E-state index contributed by atoms with van der Waals surface area (Å²) in [5.41, 5.74) is 8.16. The van der Waals surface area contributed by atoms with Crippen LogP contribution >= 0.6 is 0 Å². The molecule has 2 unspecified atom stereocenters. The van der Waals surface area contributed by atoms with Crippen molar-refractivity contribution >= 4 is 11.6 Å². The molecular weight excluding hydrogens is 226 g/mol. The molecule has 1 aliphatic rings. The lowest BCUT2D eigenvalue weighted by Gasteiger charge is -2.12. The Labute approximate surface area is 108 Å². The van der Waals surface area contributed by atoms with E-state index in [1.165, 1.54) is 5.56 Å². The van der Waals surface area contributed by atoms with Crippen molar-refractivity contribution in [3.05, 3.63) is 29.8 Å². The van der Waals surface area contributed by atoms with E-state index in [4.69, 9.17) is 0 Å². The largest absolute Gasteiger partial charge is 0.325 e. The summed E-state index contributed by atoms with van der Waals surface area (Å²) < 4.78 is 0. The normalized spacial score (nSPS) is 23.3. The summed E-state index contributed by atoms with van der Waals surface area (Å²) >= 11 is 0. The number of nitrogens with one attached hydrogen (secondary N) is 3. The highest BCUT2D eigenvalue weighted by atomic mass is 16.2. The van der Waals surface area contributed by atoms with Crippen molar-refractivity contribution in [2.75, 3.05) is 5.32 Å². The highest BCUT2D eigenvalue weighted by Gasteiger charge is 2.26. The standard InChI is InChI=1S/C14H21N3O/c1-9(2)11-5-4-6-12(8-11)15-14(18)13-7-10(3)16-17-13/h4-6,8-10,13,16-17H,7H2,1-3H3,(H,15,18). The number of amides is 1. The fourth-order valence-corrected chi connectivity index (χ4v) is 2.09. The highest BCUT2D eigenvalue weighted by Crippen LogP contribution is 2.19. The van der Waals surface area contributed by atoms with E-state index >= 15 is 0 Å². The first kappa shape index (κ1) is 13.1. The molecule has 2 rings (SSSR count). The molecule has 0 spiro atoms. The average Bonchev–Trinajstić information content (AvgIpc) is 2.76. The van der Waals surface area contributed by atoms with Gasteiger partial charge in [-0.15, -0.1) is 0 Å². The lowest BCUT2D eigenvalue weighted by atomic mass is 10.0. The molecule has 4 heteroatoms. The quantitative estimate of drug-likeness (QED) is 0.766. The molecular formula is C14H21N3O. The van der Waals surface area contributed by atoms with Crippen molar-refractivity contribution in [3.63, 3.8) is 0 Å². The molecule has 4 nitrogen and oxygen atoms in total. The van der Waals surface area contributed by atoms with Gasteiger partial charge in [-0.25, -0.2) is 5.43 Å². The maximum absolute atomic E-state index is 12.0. The van der Waals surface area contributed by atoms with Crippen LogP contribution in [0.5, 0.6) is 0 Å². The summed E-state index contributed by atoms with van der Waals surface area (Å²) in [4.78, 5) is 12.0. The van der Waals surface area contributed by atoms with Gasteiger partial charge in [-0.2, -0.15) is 0 Å². The third-order valence-corrected chi connectivity index (χ3v) is 3.23. The zero-order chi connectivity index (χ0) is 13.1. The molecule has 1 heterocycles. The van der Waals surface area contributed by atoms with Gasteiger partial charge < -0.3 is 5.32 Å². The maximum Gasteiger partial charge on any atom is 0.242 e. The van der Waals surface area contributed by atoms with Crippen molar-refractivity contribution in [2.24, 2.45) is 0 Å². The minimum atomic E-state index is -0.150. The Balaban J connectivity index is 2.00. The van der Waals surface area contributed by atoms with Gasteiger partial charge in [0.05, 0.1) is 0 Å². The summed E-state index contributed by atoms with van der Waals surface area (Å²) in [5, 5.41) is 2.96. The minimum Gasteiger partial charge on any atom is -0.325 e. The molecule has 98 valence electrons. The van der Waals surface area contributed by atoms with Crippen LogP contribution < -0.4 is 16.2 Å². The van der Waals surface area contributed by atoms with Crippen molar-refractivity contribution in [2.45, 2.75) is 45.2 Å². The summed E-state index contributed by atoms with van der Waals surface area (Å²) in [6.07, 6.45) is 0.815. The number of rotatable bonds is 3. The van der Waals surface area contributed by atoms with Crippen LogP contribution in [0.1, 0.15) is 38.7 Å². The van der Waals surface area contributed by atoms with Gasteiger partial charge in [-0.1, -0.05) is 26.0 Å². The Morgan fingerprint density at radius 1 is 1.39 bits per heavy atom. The number of carbonyl (C=O) groups is 1. The van der Waals surface area contributed by atoms with Crippen LogP contribution in [-0.4, -0.2) is 18.0 Å². The van der Waals surface area contributed by atoms with Crippen LogP contribution in [0, 0.1) is 0 Å². The van der Waals surface area contributed by atoms with Crippen molar-refractivity contribution in [3.8, 4) is 0 Å². The molecule has 1 saturated heterocycles. The van der Waals surface area contributed by atoms with E-state index in [9.17, 15) is 4.79 Å². The Kier molecular flexibility index (Phi) is 3.99. The maximum atomic E-state index is 12.0. The van der Waals surface area contributed by atoms with Crippen molar-refractivity contribution < 1.29 is 4.79 Å².